The molecule has 1 aliphatic heterocycles. The van der Waals surface area contributed by atoms with E-state index in [1.807, 2.05) is 0 Å². The lowest BCUT2D eigenvalue weighted by molar-refractivity contribution is 0.0707. The Morgan fingerprint density at radius 3 is 2.87 bits per heavy atom. The predicted molar refractivity (Wildman–Crippen MR) is 65.1 cm³/mol. The summed E-state index contributed by atoms with van der Waals surface area (Å²) in [5, 5.41) is 3.48. The van der Waals surface area contributed by atoms with Crippen molar-refractivity contribution < 1.29 is 4.74 Å². The van der Waals surface area contributed by atoms with Gasteiger partial charge in [0.2, 0.25) is 0 Å². The maximum absolute atomic E-state index is 5.49. The topological polar surface area (TPSA) is 21.3 Å². The molecule has 1 heterocycles. The summed E-state index contributed by atoms with van der Waals surface area (Å²) < 4.78 is 5.49. The van der Waals surface area contributed by atoms with Crippen LogP contribution in [0.15, 0.2) is 11.6 Å². The second-order valence-corrected chi connectivity index (χ2v) is 4.69. The minimum absolute atomic E-state index is 0.572. The van der Waals surface area contributed by atoms with E-state index in [2.05, 4.69) is 32.2 Å². The van der Waals surface area contributed by atoms with Gasteiger partial charge in [0, 0.05) is 25.1 Å². The van der Waals surface area contributed by atoms with Crippen molar-refractivity contribution in [3.63, 3.8) is 0 Å². The summed E-state index contributed by atoms with van der Waals surface area (Å²) in [6.45, 7) is 9.53. The van der Waals surface area contributed by atoms with Gasteiger partial charge in [-0.15, -0.1) is 0 Å². The van der Waals surface area contributed by atoms with Gasteiger partial charge in [-0.05, 0) is 19.3 Å². The highest BCUT2D eigenvalue weighted by molar-refractivity contribution is 5.06. The number of hydrogen-bond donors (Lipinski definition) is 1. The first-order chi connectivity index (χ1) is 7.22. The molecule has 0 spiro atoms. The molecule has 1 fully saturated rings. The first-order valence-electron chi connectivity index (χ1n) is 6.23. The molecule has 1 aliphatic rings. The molecule has 2 heteroatoms. The molecule has 0 aromatic rings. The Balaban J connectivity index is 2.37. The first kappa shape index (κ1) is 12.7. The second kappa shape index (κ2) is 7.02. The molecule has 88 valence electrons. The van der Waals surface area contributed by atoms with Crippen molar-refractivity contribution in [3.05, 3.63) is 11.6 Å². The van der Waals surface area contributed by atoms with E-state index in [1.165, 1.54) is 18.4 Å². The van der Waals surface area contributed by atoms with Gasteiger partial charge in [-0.3, -0.25) is 0 Å². The smallest absolute Gasteiger partial charge is 0.0528 e. The SMILES string of the molecule is CCC(=CC1CCCOC1)CNC(C)C. The van der Waals surface area contributed by atoms with Crippen LogP contribution in [0.25, 0.3) is 0 Å². The van der Waals surface area contributed by atoms with Crippen LogP contribution in [0.4, 0.5) is 0 Å². The van der Waals surface area contributed by atoms with Crippen molar-refractivity contribution in [2.45, 2.75) is 46.1 Å². The lowest BCUT2D eigenvalue weighted by atomic mass is 9.98. The molecule has 0 aromatic heterocycles. The van der Waals surface area contributed by atoms with Crippen LogP contribution in [0.2, 0.25) is 0 Å². The van der Waals surface area contributed by atoms with E-state index in [4.69, 9.17) is 4.74 Å². The van der Waals surface area contributed by atoms with Crippen molar-refractivity contribution >= 4 is 0 Å². The van der Waals surface area contributed by atoms with Gasteiger partial charge in [0.1, 0.15) is 0 Å². The third-order valence-corrected chi connectivity index (χ3v) is 2.86. The number of ether oxygens (including phenoxy) is 1. The zero-order valence-electron chi connectivity index (χ0n) is 10.4. The predicted octanol–water partition coefficient (Wildman–Crippen LogP) is 2.75. The average molecular weight is 211 g/mol. The van der Waals surface area contributed by atoms with Crippen LogP contribution in [-0.4, -0.2) is 25.8 Å². The molecule has 15 heavy (non-hydrogen) atoms. The van der Waals surface area contributed by atoms with Gasteiger partial charge in [0.15, 0.2) is 0 Å². The first-order valence-corrected chi connectivity index (χ1v) is 6.23. The zero-order valence-corrected chi connectivity index (χ0v) is 10.4. The summed E-state index contributed by atoms with van der Waals surface area (Å²) in [5.41, 5.74) is 1.53. The zero-order chi connectivity index (χ0) is 11.1. The van der Waals surface area contributed by atoms with E-state index in [0.29, 0.717) is 12.0 Å². The van der Waals surface area contributed by atoms with Gasteiger partial charge in [0.25, 0.3) is 0 Å². The van der Waals surface area contributed by atoms with Crippen LogP contribution in [0, 0.1) is 5.92 Å². The number of hydrogen-bond acceptors (Lipinski definition) is 2. The quantitative estimate of drug-likeness (QED) is 0.706. The molecule has 1 N–H and O–H groups in total. The van der Waals surface area contributed by atoms with Gasteiger partial charge in [-0.25, -0.2) is 0 Å². The van der Waals surface area contributed by atoms with Gasteiger partial charge in [0.05, 0.1) is 6.61 Å². The molecule has 0 amide bonds. The molecule has 0 aliphatic carbocycles. The van der Waals surface area contributed by atoms with E-state index < -0.39 is 0 Å². The van der Waals surface area contributed by atoms with E-state index in [1.54, 1.807) is 0 Å². The third-order valence-electron chi connectivity index (χ3n) is 2.86. The van der Waals surface area contributed by atoms with Crippen LogP contribution >= 0.6 is 0 Å². The normalized spacial score (nSPS) is 23.5. The minimum atomic E-state index is 0.572. The Hall–Kier alpha value is -0.340. The summed E-state index contributed by atoms with van der Waals surface area (Å²) in [5.74, 6) is 0.655. The minimum Gasteiger partial charge on any atom is -0.381 e. The van der Waals surface area contributed by atoms with Gasteiger partial charge in [-0.1, -0.05) is 32.4 Å². The van der Waals surface area contributed by atoms with E-state index >= 15 is 0 Å². The molecule has 1 saturated heterocycles. The fraction of sp³-hybridized carbons (Fsp3) is 0.846. The molecule has 2 nitrogen and oxygen atoms in total. The lowest BCUT2D eigenvalue weighted by Crippen LogP contribution is -2.25. The highest BCUT2D eigenvalue weighted by Gasteiger charge is 2.11. The molecule has 1 rings (SSSR count). The highest BCUT2D eigenvalue weighted by atomic mass is 16.5. The fourth-order valence-electron chi connectivity index (χ4n) is 1.87. The molecular weight excluding hydrogens is 186 g/mol. The summed E-state index contributed by atoms with van der Waals surface area (Å²) in [6.07, 6.45) is 6.09. The lowest BCUT2D eigenvalue weighted by Gasteiger charge is -2.20. The second-order valence-electron chi connectivity index (χ2n) is 4.69. The van der Waals surface area contributed by atoms with E-state index in [-0.39, 0.29) is 0 Å². The Bertz CT molecular complexity index is 193. The highest BCUT2D eigenvalue weighted by Crippen LogP contribution is 2.17. The summed E-state index contributed by atoms with van der Waals surface area (Å²) in [6, 6.07) is 0.572. The third kappa shape index (κ3) is 5.33. The summed E-state index contributed by atoms with van der Waals surface area (Å²) in [4.78, 5) is 0. The standard InChI is InChI=1S/C13H25NO/c1-4-12(9-14-11(2)3)8-13-6-5-7-15-10-13/h8,11,13-14H,4-7,9-10H2,1-3H3. The van der Waals surface area contributed by atoms with Crippen LogP contribution < -0.4 is 5.32 Å². The molecule has 1 atom stereocenters. The van der Waals surface area contributed by atoms with Crippen LogP contribution in [-0.2, 0) is 4.74 Å². The van der Waals surface area contributed by atoms with Crippen molar-refractivity contribution in [2.75, 3.05) is 19.8 Å². The van der Waals surface area contributed by atoms with Gasteiger partial charge >= 0.3 is 0 Å². The largest absolute Gasteiger partial charge is 0.381 e. The van der Waals surface area contributed by atoms with E-state index in [9.17, 15) is 0 Å². The molecule has 0 saturated carbocycles. The Morgan fingerprint density at radius 2 is 2.33 bits per heavy atom. The fourth-order valence-corrected chi connectivity index (χ4v) is 1.87. The summed E-state index contributed by atoms with van der Waals surface area (Å²) >= 11 is 0. The van der Waals surface area contributed by atoms with Gasteiger partial charge < -0.3 is 10.1 Å². The molecule has 0 radical (unpaired) electrons. The number of rotatable bonds is 5. The maximum Gasteiger partial charge on any atom is 0.0528 e. The molecule has 0 bridgehead atoms. The average Bonchev–Trinajstić information content (AvgIpc) is 2.25. The van der Waals surface area contributed by atoms with Crippen molar-refractivity contribution in [3.8, 4) is 0 Å². The number of nitrogens with one attached hydrogen (secondary N) is 1. The Labute approximate surface area is 94.1 Å². The Morgan fingerprint density at radius 1 is 1.53 bits per heavy atom. The monoisotopic (exact) mass is 211 g/mol. The van der Waals surface area contributed by atoms with Crippen LogP contribution in [0.3, 0.4) is 0 Å². The molecular formula is C13H25NO. The molecule has 1 unspecified atom stereocenters. The van der Waals surface area contributed by atoms with Crippen molar-refractivity contribution in [1.82, 2.24) is 5.32 Å². The van der Waals surface area contributed by atoms with Crippen LogP contribution in [0.1, 0.15) is 40.0 Å². The molecule has 0 aromatic carbocycles. The van der Waals surface area contributed by atoms with Crippen molar-refractivity contribution in [1.29, 1.82) is 0 Å². The van der Waals surface area contributed by atoms with Gasteiger partial charge in [-0.2, -0.15) is 0 Å². The summed E-state index contributed by atoms with van der Waals surface area (Å²) in [7, 11) is 0. The van der Waals surface area contributed by atoms with Crippen molar-refractivity contribution in [2.24, 2.45) is 5.92 Å². The van der Waals surface area contributed by atoms with Crippen LogP contribution in [0.5, 0.6) is 0 Å². The maximum atomic E-state index is 5.49. The Kier molecular flexibility index (Phi) is 5.96. The van der Waals surface area contributed by atoms with E-state index in [0.717, 1.165) is 26.2 Å².